The average Bonchev–Trinajstić information content (AvgIpc) is 2.37. The molecule has 0 fully saturated rings. The van der Waals surface area contributed by atoms with E-state index in [0.29, 0.717) is 30.2 Å². The molecule has 0 saturated carbocycles. The zero-order chi connectivity index (χ0) is 15.1. The van der Waals surface area contributed by atoms with Crippen molar-refractivity contribution in [1.29, 1.82) is 0 Å². The number of anilines is 1. The smallest absolute Gasteiger partial charge is 0.317 e. The van der Waals surface area contributed by atoms with Gasteiger partial charge < -0.3 is 15.6 Å². The predicted molar refractivity (Wildman–Crippen MR) is 76.1 cm³/mol. The summed E-state index contributed by atoms with van der Waals surface area (Å²) in [6.07, 6.45) is 0.247. The van der Waals surface area contributed by atoms with Crippen LogP contribution in [-0.2, 0) is 4.79 Å². The van der Waals surface area contributed by atoms with Crippen LogP contribution >= 0.6 is 0 Å². The van der Waals surface area contributed by atoms with Gasteiger partial charge in [-0.1, -0.05) is 0 Å². The van der Waals surface area contributed by atoms with E-state index in [1.165, 1.54) is 0 Å². The summed E-state index contributed by atoms with van der Waals surface area (Å²) >= 11 is 0. The van der Waals surface area contributed by atoms with Crippen molar-refractivity contribution in [2.24, 2.45) is 0 Å². The van der Waals surface area contributed by atoms with Crippen molar-refractivity contribution in [1.82, 2.24) is 4.90 Å². The molecule has 0 aliphatic carbocycles. The van der Waals surface area contributed by atoms with Gasteiger partial charge in [-0.3, -0.25) is 14.5 Å². The lowest BCUT2D eigenvalue weighted by Crippen LogP contribution is -2.27. The minimum atomic E-state index is -0.912. The van der Waals surface area contributed by atoms with Crippen LogP contribution in [-0.4, -0.2) is 48.5 Å². The summed E-state index contributed by atoms with van der Waals surface area (Å²) in [5.74, 6) is -0.422. The number of nitrogens with zero attached hydrogens (tertiary/aromatic N) is 1. The molecule has 0 bridgehead atoms. The molecule has 110 valence electrons. The first-order chi connectivity index (χ1) is 9.43. The van der Waals surface area contributed by atoms with E-state index >= 15 is 0 Å². The van der Waals surface area contributed by atoms with Gasteiger partial charge >= 0.3 is 5.97 Å². The van der Waals surface area contributed by atoms with Gasteiger partial charge in [0.05, 0.1) is 18.8 Å². The first-order valence-corrected chi connectivity index (χ1v) is 6.40. The van der Waals surface area contributed by atoms with Gasteiger partial charge in [0.1, 0.15) is 5.75 Å². The largest absolute Gasteiger partial charge is 0.492 e. The molecule has 1 aromatic rings. The van der Waals surface area contributed by atoms with Crippen molar-refractivity contribution in [2.75, 3.05) is 32.5 Å². The van der Waals surface area contributed by atoms with Crippen LogP contribution in [0.2, 0.25) is 0 Å². The van der Waals surface area contributed by atoms with Gasteiger partial charge in [0.15, 0.2) is 5.78 Å². The number of benzene rings is 1. The molecule has 0 amide bonds. The van der Waals surface area contributed by atoms with Crippen molar-refractivity contribution in [3.8, 4) is 5.75 Å². The van der Waals surface area contributed by atoms with Crippen LogP contribution in [0.25, 0.3) is 0 Å². The van der Waals surface area contributed by atoms with Crippen molar-refractivity contribution in [2.45, 2.75) is 13.3 Å². The molecule has 6 nitrogen and oxygen atoms in total. The van der Waals surface area contributed by atoms with Gasteiger partial charge in [0.2, 0.25) is 0 Å². The number of ketones is 1. The van der Waals surface area contributed by atoms with Crippen molar-refractivity contribution in [3.63, 3.8) is 0 Å². The number of hydrogen-bond acceptors (Lipinski definition) is 5. The van der Waals surface area contributed by atoms with Gasteiger partial charge in [0, 0.05) is 18.5 Å². The fourth-order valence-corrected chi connectivity index (χ4v) is 1.76. The lowest BCUT2D eigenvalue weighted by molar-refractivity contribution is -0.137. The Labute approximate surface area is 118 Å². The number of nitrogens with two attached hydrogens (primary N) is 1. The topological polar surface area (TPSA) is 92.9 Å². The number of rotatable bonds is 8. The second kappa shape index (κ2) is 7.49. The highest BCUT2D eigenvalue weighted by Crippen LogP contribution is 2.23. The summed E-state index contributed by atoms with van der Waals surface area (Å²) in [5.41, 5.74) is 6.74. The Bertz CT molecular complexity index is 488. The molecule has 0 aliphatic heterocycles. The summed E-state index contributed by atoms with van der Waals surface area (Å²) in [4.78, 5) is 24.1. The van der Waals surface area contributed by atoms with Gasteiger partial charge in [-0.2, -0.15) is 0 Å². The number of Topliss-reactive ketones (excluding diaryl/α,β-unsaturated/α-hetero) is 1. The van der Waals surface area contributed by atoms with E-state index in [1.54, 1.807) is 30.1 Å². The first kappa shape index (κ1) is 16.0. The van der Waals surface area contributed by atoms with E-state index in [4.69, 9.17) is 15.6 Å². The third kappa shape index (κ3) is 4.89. The van der Waals surface area contributed by atoms with E-state index in [2.05, 4.69) is 0 Å². The normalized spacial score (nSPS) is 10.6. The van der Waals surface area contributed by atoms with Gasteiger partial charge in [-0.05, 0) is 32.2 Å². The minimum Gasteiger partial charge on any atom is -0.492 e. The highest BCUT2D eigenvalue weighted by Gasteiger charge is 2.11. The molecule has 0 radical (unpaired) electrons. The summed E-state index contributed by atoms with van der Waals surface area (Å²) < 4.78 is 5.30. The number of carbonyl (C=O) groups is 2. The zero-order valence-electron chi connectivity index (χ0n) is 11.8. The highest BCUT2D eigenvalue weighted by molar-refractivity contribution is 5.97. The molecule has 1 rings (SSSR count). The minimum absolute atomic E-state index is 0.0722. The molecule has 6 heteroatoms. The SMILES string of the molecule is CCOc1ccc(C(=O)CCN(C)CC(=O)O)cc1N. The molecule has 0 atom stereocenters. The Morgan fingerprint density at radius 1 is 1.40 bits per heavy atom. The number of carboxylic acid groups (broad SMARTS) is 1. The monoisotopic (exact) mass is 280 g/mol. The van der Waals surface area contributed by atoms with Gasteiger partial charge in [-0.25, -0.2) is 0 Å². The molecule has 0 unspecified atom stereocenters. The number of carboxylic acids is 1. The Morgan fingerprint density at radius 3 is 2.65 bits per heavy atom. The molecule has 20 heavy (non-hydrogen) atoms. The molecule has 0 saturated heterocycles. The van der Waals surface area contributed by atoms with Crippen LogP contribution in [0, 0.1) is 0 Å². The number of nitrogen functional groups attached to an aromatic ring is 1. The molecule has 0 spiro atoms. The molecule has 0 aromatic heterocycles. The molecule has 0 heterocycles. The Hall–Kier alpha value is -2.08. The number of likely N-dealkylation sites (N-methyl/N-ethyl adjacent to an activating group) is 1. The van der Waals surface area contributed by atoms with Crippen LogP contribution in [0.5, 0.6) is 5.75 Å². The summed E-state index contributed by atoms with van der Waals surface area (Å²) in [6.45, 7) is 2.67. The number of ether oxygens (including phenoxy) is 1. The maximum Gasteiger partial charge on any atom is 0.317 e. The number of carbonyl (C=O) groups excluding carboxylic acids is 1. The van der Waals surface area contributed by atoms with E-state index < -0.39 is 5.97 Å². The van der Waals surface area contributed by atoms with Crippen molar-refractivity contribution >= 4 is 17.4 Å². The lowest BCUT2D eigenvalue weighted by Gasteiger charge is -2.13. The third-order valence-electron chi connectivity index (χ3n) is 2.76. The Balaban J connectivity index is 2.59. The Morgan fingerprint density at radius 2 is 2.10 bits per heavy atom. The van der Waals surface area contributed by atoms with Crippen LogP contribution in [0.4, 0.5) is 5.69 Å². The molecule has 3 N–H and O–H groups in total. The standard InChI is InChI=1S/C14H20N2O4/c1-3-20-13-5-4-10(8-11(13)15)12(17)6-7-16(2)9-14(18)19/h4-5,8H,3,6-7,9,15H2,1-2H3,(H,18,19). The highest BCUT2D eigenvalue weighted by atomic mass is 16.5. The molecular weight excluding hydrogens is 260 g/mol. The van der Waals surface area contributed by atoms with Crippen LogP contribution < -0.4 is 10.5 Å². The quantitative estimate of drug-likeness (QED) is 0.550. The van der Waals surface area contributed by atoms with Gasteiger partial charge in [0.25, 0.3) is 0 Å². The van der Waals surface area contributed by atoms with Gasteiger partial charge in [-0.15, -0.1) is 0 Å². The summed E-state index contributed by atoms with van der Waals surface area (Å²) in [6, 6.07) is 4.93. The van der Waals surface area contributed by atoms with Crippen LogP contribution in [0.3, 0.4) is 0 Å². The number of aliphatic carboxylic acids is 1. The lowest BCUT2D eigenvalue weighted by atomic mass is 10.1. The summed E-state index contributed by atoms with van der Waals surface area (Å²) in [7, 11) is 1.66. The maximum atomic E-state index is 12.0. The molecular formula is C14H20N2O4. The third-order valence-corrected chi connectivity index (χ3v) is 2.76. The first-order valence-electron chi connectivity index (χ1n) is 6.40. The fourth-order valence-electron chi connectivity index (χ4n) is 1.76. The van der Waals surface area contributed by atoms with Crippen LogP contribution in [0.1, 0.15) is 23.7 Å². The average molecular weight is 280 g/mol. The molecule has 1 aromatic carbocycles. The number of hydrogen-bond donors (Lipinski definition) is 2. The van der Waals surface area contributed by atoms with Crippen LogP contribution in [0.15, 0.2) is 18.2 Å². The predicted octanol–water partition coefficient (Wildman–Crippen LogP) is 1.26. The van der Waals surface area contributed by atoms with E-state index in [9.17, 15) is 9.59 Å². The molecule has 0 aliphatic rings. The van der Waals surface area contributed by atoms with Crippen molar-refractivity contribution < 1.29 is 19.4 Å². The van der Waals surface area contributed by atoms with E-state index in [1.807, 2.05) is 6.92 Å². The zero-order valence-corrected chi connectivity index (χ0v) is 11.8. The second-order valence-electron chi connectivity index (χ2n) is 4.49. The second-order valence-corrected chi connectivity index (χ2v) is 4.49. The van der Waals surface area contributed by atoms with E-state index in [0.717, 1.165) is 0 Å². The van der Waals surface area contributed by atoms with Crippen molar-refractivity contribution in [3.05, 3.63) is 23.8 Å². The fraction of sp³-hybridized carbons (Fsp3) is 0.429. The maximum absolute atomic E-state index is 12.0. The Kier molecular flexibility index (Phi) is 5.99. The van der Waals surface area contributed by atoms with E-state index in [-0.39, 0.29) is 18.7 Å². The summed E-state index contributed by atoms with van der Waals surface area (Å²) in [5, 5.41) is 8.63.